The standard InChI is InChI=1S/C17H24ClFN2O2/c1-17(2,3)23-16(22)21-8-4-5-12(11-21)10-20-15-9-13(19)6-7-14(15)18/h6-7,9,12,20H,4-5,8,10-11H2,1-3H3. The minimum absolute atomic E-state index is 0.272. The van der Waals surface area contributed by atoms with E-state index in [0.29, 0.717) is 30.3 Å². The molecule has 1 aromatic carbocycles. The second kappa shape index (κ2) is 7.39. The first-order valence-corrected chi connectivity index (χ1v) is 8.29. The predicted molar refractivity (Wildman–Crippen MR) is 90.4 cm³/mol. The first-order valence-electron chi connectivity index (χ1n) is 7.91. The molecule has 6 heteroatoms. The van der Waals surface area contributed by atoms with Gasteiger partial charge in [-0.15, -0.1) is 0 Å². The highest BCUT2D eigenvalue weighted by atomic mass is 35.5. The van der Waals surface area contributed by atoms with Gasteiger partial charge in [-0.1, -0.05) is 11.6 Å². The minimum atomic E-state index is -0.489. The molecule has 1 amide bonds. The second-order valence-corrected chi connectivity index (χ2v) is 7.35. The Balaban J connectivity index is 1.89. The molecular formula is C17H24ClFN2O2. The van der Waals surface area contributed by atoms with Gasteiger partial charge in [0.15, 0.2) is 0 Å². The average molecular weight is 343 g/mol. The summed E-state index contributed by atoms with van der Waals surface area (Å²) in [6, 6.07) is 4.25. The Morgan fingerprint density at radius 3 is 2.91 bits per heavy atom. The number of amides is 1. The molecule has 1 aliphatic heterocycles. The molecule has 4 nitrogen and oxygen atoms in total. The lowest BCUT2D eigenvalue weighted by Gasteiger charge is -2.34. The number of benzene rings is 1. The number of carbonyl (C=O) groups is 1. The lowest BCUT2D eigenvalue weighted by atomic mass is 9.98. The Bertz CT molecular complexity index is 560. The van der Waals surface area contributed by atoms with E-state index in [4.69, 9.17) is 16.3 Å². The summed E-state index contributed by atoms with van der Waals surface area (Å²) in [5.41, 5.74) is 0.0956. The van der Waals surface area contributed by atoms with Gasteiger partial charge < -0.3 is 15.0 Å². The Morgan fingerprint density at radius 1 is 1.48 bits per heavy atom. The summed E-state index contributed by atoms with van der Waals surface area (Å²) in [7, 11) is 0. The molecule has 1 aromatic rings. The summed E-state index contributed by atoms with van der Waals surface area (Å²) in [6.07, 6.45) is 1.67. The molecule has 1 unspecified atom stereocenters. The summed E-state index contributed by atoms with van der Waals surface area (Å²) < 4.78 is 18.7. The molecule has 1 fully saturated rings. The maximum absolute atomic E-state index is 13.3. The Kier molecular flexibility index (Phi) is 5.74. The van der Waals surface area contributed by atoms with Crippen LogP contribution in [0.3, 0.4) is 0 Å². The van der Waals surface area contributed by atoms with E-state index < -0.39 is 5.60 Å². The molecule has 2 rings (SSSR count). The first-order chi connectivity index (χ1) is 10.7. The van der Waals surface area contributed by atoms with Crippen LogP contribution in [0.4, 0.5) is 14.9 Å². The lowest BCUT2D eigenvalue weighted by Crippen LogP contribution is -2.44. The quantitative estimate of drug-likeness (QED) is 0.876. The van der Waals surface area contributed by atoms with Crippen LogP contribution in [0.2, 0.25) is 5.02 Å². The van der Waals surface area contributed by atoms with E-state index in [1.54, 1.807) is 4.90 Å². The van der Waals surface area contributed by atoms with E-state index in [2.05, 4.69) is 5.32 Å². The maximum atomic E-state index is 13.3. The van der Waals surface area contributed by atoms with Crippen molar-refractivity contribution in [2.24, 2.45) is 5.92 Å². The van der Waals surface area contributed by atoms with Crippen molar-refractivity contribution in [3.8, 4) is 0 Å². The third-order valence-electron chi connectivity index (χ3n) is 3.68. The molecule has 0 radical (unpaired) electrons. The van der Waals surface area contributed by atoms with Crippen molar-refractivity contribution in [1.82, 2.24) is 4.90 Å². The Labute approximate surface area is 141 Å². The van der Waals surface area contributed by atoms with Gasteiger partial charge in [0.2, 0.25) is 0 Å². The number of halogens is 2. The second-order valence-electron chi connectivity index (χ2n) is 6.94. The first kappa shape index (κ1) is 17.9. The van der Waals surface area contributed by atoms with Crippen molar-refractivity contribution < 1.29 is 13.9 Å². The fraction of sp³-hybridized carbons (Fsp3) is 0.588. The van der Waals surface area contributed by atoms with Gasteiger partial charge >= 0.3 is 6.09 Å². The smallest absolute Gasteiger partial charge is 0.410 e. The molecule has 128 valence electrons. The fourth-order valence-corrected chi connectivity index (χ4v) is 2.80. The van der Waals surface area contributed by atoms with Crippen LogP contribution in [0.5, 0.6) is 0 Å². The fourth-order valence-electron chi connectivity index (χ4n) is 2.61. The molecule has 1 saturated heterocycles. The summed E-state index contributed by atoms with van der Waals surface area (Å²) >= 11 is 6.05. The number of nitrogens with zero attached hydrogens (tertiary/aromatic N) is 1. The molecule has 1 heterocycles. The van der Waals surface area contributed by atoms with Gasteiger partial charge in [-0.3, -0.25) is 0 Å². The van der Waals surface area contributed by atoms with Gasteiger partial charge in [-0.25, -0.2) is 9.18 Å². The molecule has 0 aliphatic carbocycles. The van der Waals surface area contributed by atoms with Crippen LogP contribution >= 0.6 is 11.6 Å². The monoisotopic (exact) mass is 342 g/mol. The zero-order valence-corrected chi connectivity index (χ0v) is 14.6. The number of piperidine rings is 1. The SMILES string of the molecule is CC(C)(C)OC(=O)N1CCCC(CNc2cc(F)ccc2Cl)C1. The van der Waals surface area contributed by atoms with Crippen molar-refractivity contribution >= 4 is 23.4 Å². The Morgan fingerprint density at radius 2 is 2.22 bits per heavy atom. The van der Waals surface area contributed by atoms with Crippen molar-refractivity contribution in [1.29, 1.82) is 0 Å². The van der Waals surface area contributed by atoms with Crippen LogP contribution in [0, 0.1) is 11.7 Å². The van der Waals surface area contributed by atoms with Gasteiger partial charge in [0.25, 0.3) is 0 Å². The Hall–Kier alpha value is -1.49. The highest BCUT2D eigenvalue weighted by Gasteiger charge is 2.27. The van der Waals surface area contributed by atoms with Crippen molar-refractivity contribution in [2.75, 3.05) is 25.0 Å². The molecule has 1 atom stereocenters. The van der Waals surface area contributed by atoms with E-state index in [1.807, 2.05) is 20.8 Å². The van der Waals surface area contributed by atoms with Crippen molar-refractivity contribution in [3.05, 3.63) is 29.0 Å². The number of anilines is 1. The molecule has 0 saturated carbocycles. The zero-order chi connectivity index (χ0) is 17.0. The molecule has 23 heavy (non-hydrogen) atoms. The molecule has 1 N–H and O–H groups in total. The van der Waals surface area contributed by atoms with E-state index in [0.717, 1.165) is 12.8 Å². The van der Waals surface area contributed by atoms with E-state index >= 15 is 0 Å². The van der Waals surface area contributed by atoms with Gasteiger partial charge in [-0.05, 0) is 57.7 Å². The number of rotatable bonds is 3. The number of likely N-dealkylation sites (tertiary alicyclic amines) is 1. The predicted octanol–water partition coefficient (Wildman–Crippen LogP) is 4.54. The summed E-state index contributed by atoms with van der Waals surface area (Å²) in [5.74, 6) is -0.0356. The topological polar surface area (TPSA) is 41.6 Å². The number of ether oxygens (including phenoxy) is 1. The average Bonchev–Trinajstić information content (AvgIpc) is 2.47. The summed E-state index contributed by atoms with van der Waals surface area (Å²) in [6.45, 7) is 7.57. The minimum Gasteiger partial charge on any atom is -0.444 e. The van der Waals surface area contributed by atoms with Gasteiger partial charge in [0.1, 0.15) is 11.4 Å². The summed E-state index contributed by atoms with van der Waals surface area (Å²) in [5, 5.41) is 3.67. The van der Waals surface area contributed by atoms with E-state index in [1.165, 1.54) is 18.2 Å². The third-order valence-corrected chi connectivity index (χ3v) is 4.01. The van der Waals surface area contributed by atoms with Crippen LogP contribution in [-0.4, -0.2) is 36.2 Å². The largest absolute Gasteiger partial charge is 0.444 e. The van der Waals surface area contributed by atoms with Crippen LogP contribution in [0.15, 0.2) is 18.2 Å². The normalized spacial score (nSPS) is 18.7. The number of hydrogen-bond donors (Lipinski definition) is 1. The molecule has 0 bridgehead atoms. The van der Waals surface area contributed by atoms with Crippen molar-refractivity contribution in [3.63, 3.8) is 0 Å². The molecule has 0 aromatic heterocycles. The zero-order valence-electron chi connectivity index (χ0n) is 13.9. The van der Waals surface area contributed by atoms with Crippen LogP contribution in [-0.2, 0) is 4.74 Å². The number of nitrogens with one attached hydrogen (secondary N) is 1. The third kappa shape index (κ3) is 5.57. The van der Waals surface area contributed by atoms with Crippen LogP contribution in [0.25, 0.3) is 0 Å². The van der Waals surface area contributed by atoms with Gasteiger partial charge in [0, 0.05) is 19.6 Å². The number of carbonyl (C=O) groups excluding carboxylic acids is 1. The highest BCUT2D eigenvalue weighted by Crippen LogP contribution is 2.24. The maximum Gasteiger partial charge on any atom is 0.410 e. The lowest BCUT2D eigenvalue weighted by molar-refractivity contribution is 0.0172. The van der Waals surface area contributed by atoms with E-state index in [-0.39, 0.29) is 17.8 Å². The van der Waals surface area contributed by atoms with E-state index in [9.17, 15) is 9.18 Å². The van der Waals surface area contributed by atoms with Crippen LogP contribution in [0.1, 0.15) is 33.6 Å². The molecule has 1 aliphatic rings. The van der Waals surface area contributed by atoms with Gasteiger partial charge in [0.05, 0.1) is 10.7 Å². The summed E-state index contributed by atoms with van der Waals surface area (Å²) in [4.78, 5) is 13.9. The highest BCUT2D eigenvalue weighted by molar-refractivity contribution is 6.33. The molecule has 0 spiro atoms. The molecular weight excluding hydrogens is 319 g/mol. The van der Waals surface area contributed by atoms with Gasteiger partial charge in [-0.2, -0.15) is 0 Å². The number of hydrogen-bond acceptors (Lipinski definition) is 3. The van der Waals surface area contributed by atoms with Crippen molar-refractivity contribution in [2.45, 2.75) is 39.2 Å². The van der Waals surface area contributed by atoms with Crippen LogP contribution < -0.4 is 5.32 Å².